The Balaban J connectivity index is 1.60. The summed E-state index contributed by atoms with van der Waals surface area (Å²) in [5, 5.41) is 7.85. The molecule has 2 fully saturated rings. The van der Waals surface area contributed by atoms with Gasteiger partial charge in [0.25, 0.3) is 0 Å². The summed E-state index contributed by atoms with van der Waals surface area (Å²) in [5.41, 5.74) is 6.75. The number of rotatable bonds is 2. The molecule has 8 nitrogen and oxygen atoms in total. The maximum Gasteiger partial charge on any atom is 0.225 e. The second-order valence-corrected chi connectivity index (χ2v) is 5.80. The van der Waals surface area contributed by atoms with Gasteiger partial charge in [-0.2, -0.15) is 9.50 Å². The molecule has 0 aromatic carbocycles. The van der Waals surface area contributed by atoms with Gasteiger partial charge in [0.2, 0.25) is 11.8 Å². The van der Waals surface area contributed by atoms with Crippen LogP contribution in [0, 0.1) is 0 Å². The lowest BCUT2D eigenvalue weighted by molar-refractivity contribution is 0.576. The van der Waals surface area contributed by atoms with Crippen molar-refractivity contribution in [3.8, 4) is 11.6 Å². The number of aromatic nitrogens is 4. The molecule has 0 radical (unpaired) electrons. The molecule has 2 aliphatic rings. The lowest BCUT2D eigenvalue weighted by atomic mass is 10.2. The van der Waals surface area contributed by atoms with Crippen molar-refractivity contribution in [1.82, 2.24) is 24.9 Å². The fourth-order valence-electron chi connectivity index (χ4n) is 3.40. The van der Waals surface area contributed by atoms with Crippen LogP contribution in [-0.2, 0) is 0 Å². The summed E-state index contributed by atoms with van der Waals surface area (Å²) in [6, 6.07) is 6.62. The Morgan fingerprint density at radius 3 is 3.05 bits per heavy atom. The van der Waals surface area contributed by atoms with Crippen LogP contribution in [-0.4, -0.2) is 44.8 Å². The molecular weight excluding hydrogens is 282 g/mol. The predicted molar refractivity (Wildman–Crippen MR) is 80.4 cm³/mol. The van der Waals surface area contributed by atoms with Crippen LogP contribution in [0.5, 0.6) is 0 Å². The Morgan fingerprint density at radius 1 is 1.36 bits per heavy atom. The third-order valence-electron chi connectivity index (χ3n) is 4.43. The number of anilines is 2. The molecule has 3 aromatic rings. The molecule has 112 valence electrons. The van der Waals surface area contributed by atoms with Gasteiger partial charge >= 0.3 is 0 Å². The van der Waals surface area contributed by atoms with Crippen molar-refractivity contribution >= 4 is 17.4 Å². The monoisotopic (exact) mass is 297 g/mol. The number of hydrogen-bond acceptors (Lipinski definition) is 7. The molecule has 3 N–H and O–H groups in total. The van der Waals surface area contributed by atoms with Crippen molar-refractivity contribution < 1.29 is 4.42 Å². The van der Waals surface area contributed by atoms with Gasteiger partial charge in [0.1, 0.15) is 5.82 Å². The van der Waals surface area contributed by atoms with Gasteiger partial charge in [-0.25, -0.2) is 4.98 Å². The molecule has 2 bridgehead atoms. The van der Waals surface area contributed by atoms with Crippen LogP contribution in [0.2, 0.25) is 0 Å². The van der Waals surface area contributed by atoms with E-state index in [0.717, 1.165) is 25.3 Å². The number of nitrogens with zero attached hydrogens (tertiary/aromatic N) is 5. The van der Waals surface area contributed by atoms with Crippen LogP contribution in [0.25, 0.3) is 17.2 Å². The zero-order chi connectivity index (χ0) is 14.7. The van der Waals surface area contributed by atoms with E-state index < -0.39 is 0 Å². The summed E-state index contributed by atoms with van der Waals surface area (Å²) in [7, 11) is 0. The maximum absolute atomic E-state index is 6.07. The van der Waals surface area contributed by atoms with Gasteiger partial charge < -0.3 is 20.4 Å². The molecule has 2 atom stereocenters. The van der Waals surface area contributed by atoms with E-state index >= 15 is 0 Å². The van der Waals surface area contributed by atoms with Crippen LogP contribution < -0.4 is 16.0 Å². The summed E-state index contributed by atoms with van der Waals surface area (Å²) in [6.45, 7) is 1.97. The van der Waals surface area contributed by atoms with Crippen molar-refractivity contribution in [2.45, 2.75) is 18.5 Å². The van der Waals surface area contributed by atoms with Crippen molar-refractivity contribution in [1.29, 1.82) is 0 Å². The molecule has 0 amide bonds. The Hall–Kier alpha value is -2.61. The Bertz CT molecular complexity index is 840. The van der Waals surface area contributed by atoms with Gasteiger partial charge in [0.05, 0.1) is 6.26 Å². The number of hydrogen-bond donors (Lipinski definition) is 2. The molecule has 22 heavy (non-hydrogen) atoms. The Kier molecular flexibility index (Phi) is 2.29. The quantitative estimate of drug-likeness (QED) is 0.711. The third kappa shape index (κ3) is 1.64. The Labute approximate surface area is 125 Å². The number of piperazine rings is 1. The van der Waals surface area contributed by atoms with Crippen molar-refractivity contribution in [2.24, 2.45) is 0 Å². The first-order valence-corrected chi connectivity index (χ1v) is 7.35. The second kappa shape index (κ2) is 4.20. The van der Waals surface area contributed by atoms with E-state index in [4.69, 9.17) is 10.2 Å². The zero-order valence-electron chi connectivity index (χ0n) is 11.8. The van der Waals surface area contributed by atoms with Crippen LogP contribution in [0.4, 0.5) is 11.8 Å². The highest BCUT2D eigenvalue weighted by molar-refractivity contribution is 5.60. The van der Waals surface area contributed by atoms with Gasteiger partial charge in [-0.15, -0.1) is 5.10 Å². The number of nitrogen functional groups attached to an aromatic ring is 1. The van der Waals surface area contributed by atoms with Crippen molar-refractivity contribution in [2.75, 3.05) is 23.7 Å². The molecule has 5 heterocycles. The summed E-state index contributed by atoms with van der Waals surface area (Å²) < 4.78 is 6.89. The first kappa shape index (κ1) is 12.0. The van der Waals surface area contributed by atoms with E-state index in [9.17, 15) is 0 Å². The van der Waals surface area contributed by atoms with E-state index in [1.165, 1.54) is 0 Å². The minimum absolute atomic E-state index is 0.341. The fraction of sp³-hybridized carbons (Fsp3) is 0.357. The van der Waals surface area contributed by atoms with E-state index in [0.29, 0.717) is 35.3 Å². The SMILES string of the molecule is Nc1nc(N2CC3CC2CN3)cc2nc(-c3ccco3)nn12. The minimum Gasteiger partial charge on any atom is -0.461 e. The molecular formula is C14H15N7O. The molecule has 2 unspecified atom stereocenters. The average Bonchev–Trinajstić information content (AvgIpc) is 3.28. The summed E-state index contributed by atoms with van der Waals surface area (Å²) >= 11 is 0. The van der Waals surface area contributed by atoms with Crippen molar-refractivity contribution in [3.63, 3.8) is 0 Å². The van der Waals surface area contributed by atoms with Crippen LogP contribution in [0.15, 0.2) is 28.9 Å². The molecule has 0 aliphatic carbocycles. The number of nitrogens with one attached hydrogen (secondary N) is 1. The molecule has 2 saturated heterocycles. The highest BCUT2D eigenvalue weighted by Gasteiger charge is 2.38. The Morgan fingerprint density at radius 2 is 2.32 bits per heavy atom. The standard InChI is InChI=1S/C14H15N7O/c15-14-18-11(20-7-8-4-9(20)6-16-8)5-12-17-13(19-21(12)14)10-2-1-3-22-10/h1-3,5,8-9,16H,4,6-7H2,(H2,15,18). The summed E-state index contributed by atoms with van der Waals surface area (Å²) in [5.74, 6) is 2.35. The van der Waals surface area contributed by atoms with E-state index in [-0.39, 0.29) is 0 Å². The van der Waals surface area contributed by atoms with E-state index in [1.54, 1.807) is 10.8 Å². The lowest BCUT2D eigenvalue weighted by Gasteiger charge is -2.28. The molecule has 2 aliphatic heterocycles. The molecule has 5 rings (SSSR count). The highest BCUT2D eigenvalue weighted by Crippen LogP contribution is 2.29. The predicted octanol–water partition coefficient (Wildman–Crippen LogP) is 0.517. The van der Waals surface area contributed by atoms with Gasteiger partial charge in [-0.3, -0.25) is 0 Å². The van der Waals surface area contributed by atoms with Crippen LogP contribution >= 0.6 is 0 Å². The topological polar surface area (TPSA) is 97.5 Å². The molecule has 0 saturated carbocycles. The van der Waals surface area contributed by atoms with Gasteiger partial charge in [0, 0.05) is 31.2 Å². The summed E-state index contributed by atoms with van der Waals surface area (Å²) in [4.78, 5) is 11.3. The lowest BCUT2D eigenvalue weighted by Crippen LogP contribution is -2.44. The highest BCUT2D eigenvalue weighted by atomic mass is 16.3. The van der Waals surface area contributed by atoms with E-state index in [2.05, 4.69) is 25.3 Å². The van der Waals surface area contributed by atoms with Crippen LogP contribution in [0.3, 0.4) is 0 Å². The van der Waals surface area contributed by atoms with Gasteiger partial charge in [-0.05, 0) is 18.6 Å². The fourth-order valence-corrected chi connectivity index (χ4v) is 3.40. The number of nitrogens with two attached hydrogens (primary N) is 1. The first-order chi connectivity index (χ1) is 10.8. The minimum atomic E-state index is 0.341. The molecule has 3 aromatic heterocycles. The van der Waals surface area contributed by atoms with Crippen LogP contribution in [0.1, 0.15) is 6.42 Å². The third-order valence-corrected chi connectivity index (χ3v) is 4.43. The number of furan rings is 1. The molecule has 8 heteroatoms. The second-order valence-electron chi connectivity index (χ2n) is 5.80. The summed E-state index contributed by atoms with van der Waals surface area (Å²) in [6.07, 6.45) is 2.76. The molecule has 0 spiro atoms. The largest absolute Gasteiger partial charge is 0.461 e. The van der Waals surface area contributed by atoms with Crippen molar-refractivity contribution in [3.05, 3.63) is 24.5 Å². The first-order valence-electron chi connectivity index (χ1n) is 7.35. The van der Waals surface area contributed by atoms with E-state index in [1.807, 2.05) is 18.2 Å². The zero-order valence-corrected chi connectivity index (χ0v) is 11.8. The number of fused-ring (bicyclic) bond motifs is 3. The average molecular weight is 297 g/mol. The maximum atomic E-state index is 6.07. The van der Waals surface area contributed by atoms with Gasteiger partial charge in [0.15, 0.2) is 11.4 Å². The smallest absolute Gasteiger partial charge is 0.225 e. The normalized spacial score (nSPS) is 23.7. The van der Waals surface area contributed by atoms with Gasteiger partial charge in [-0.1, -0.05) is 0 Å².